The maximum absolute atomic E-state index is 12.6. The Bertz CT molecular complexity index is 444. The molecule has 1 N–H and O–H groups in total. The minimum Gasteiger partial charge on any atom is -0.337 e. The van der Waals surface area contributed by atoms with Gasteiger partial charge in [-0.1, -0.05) is 43.1 Å². The average molecular weight is 295 g/mol. The maximum Gasteiger partial charge on any atom is 0.240 e. The van der Waals surface area contributed by atoms with Crippen LogP contribution in [0.25, 0.3) is 0 Å². The third-order valence-corrected chi connectivity index (χ3v) is 4.14. The lowest BCUT2D eigenvalue weighted by Gasteiger charge is -2.26. The van der Waals surface area contributed by atoms with E-state index in [1.807, 2.05) is 29.2 Å². The number of hydrogen-bond acceptors (Lipinski definition) is 2. The third kappa shape index (κ3) is 3.97. The zero-order chi connectivity index (χ0) is 14.4. The second kappa shape index (κ2) is 7.65. The Hall–Kier alpha value is -1.06. The quantitative estimate of drug-likeness (QED) is 0.874. The largest absolute Gasteiger partial charge is 0.337 e. The van der Waals surface area contributed by atoms with E-state index in [0.29, 0.717) is 6.54 Å². The summed E-state index contributed by atoms with van der Waals surface area (Å²) < 4.78 is 0. The SMILES string of the molecule is CCCCN(Cc1ccccc1Cl)C(=O)C1CCCN1. The molecule has 0 bridgehead atoms. The van der Waals surface area contributed by atoms with Crippen LogP contribution in [0.3, 0.4) is 0 Å². The number of carbonyl (C=O) groups excluding carboxylic acids is 1. The van der Waals surface area contributed by atoms with Crippen LogP contribution in [-0.2, 0) is 11.3 Å². The fourth-order valence-electron chi connectivity index (χ4n) is 2.56. The van der Waals surface area contributed by atoms with Gasteiger partial charge in [0.15, 0.2) is 0 Å². The number of hydrogen-bond donors (Lipinski definition) is 1. The van der Waals surface area contributed by atoms with Crippen LogP contribution < -0.4 is 5.32 Å². The summed E-state index contributed by atoms with van der Waals surface area (Å²) in [5, 5.41) is 4.03. The van der Waals surface area contributed by atoms with E-state index in [1.54, 1.807) is 0 Å². The van der Waals surface area contributed by atoms with Crippen LogP contribution >= 0.6 is 11.6 Å². The number of halogens is 1. The molecule has 1 unspecified atom stereocenters. The minimum atomic E-state index is -0.00524. The van der Waals surface area contributed by atoms with Crippen molar-refractivity contribution in [3.63, 3.8) is 0 Å². The number of nitrogens with zero attached hydrogens (tertiary/aromatic N) is 1. The number of nitrogens with one attached hydrogen (secondary N) is 1. The van der Waals surface area contributed by atoms with Crippen LogP contribution in [-0.4, -0.2) is 29.9 Å². The molecule has 1 atom stereocenters. The summed E-state index contributed by atoms with van der Waals surface area (Å²) in [5.41, 5.74) is 1.02. The first kappa shape index (κ1) is 15.3. The molecule has 0 aliphatic carbocycles. The first-order chi connectivity index (χ1) is 9.72. The molecule has 3 nitrogen and oxygen atoms in total. The molecule has 1 aromatic rings. The van der Waals surface area contributed by atoms with E-state index in [1.165, 1.54) is 0 Å². The fraction of sp³-hybridized carbons (Fsp3) is 0.562. The van der Waals surface area contributed by atoms with Crippen molar-refractivity contribution >= 4 is 17.5 Å². The van der Waals surface area contributed by atoms with E-state index in [4.69, 9.17) is 11.6 Å². The average Bonchev–Trinajstić information content (AvgIpc) is 2.99. The summed E-state index contributed by atoms with van der Waals surface area (Å²) in [4.78, 5) is 14.5. The van der Waals surface area contributed by atoms with E-state index in [2.05, 4.69) is 12.2 Å². The summed E-state index contributed by atoms with van der Waals surface area (Å²) in [6.45, 7) is 4.51. The second-order valence-electron chi connectivity index (χ2n) is 5.35. The first-order valence-corrected chi connectivity index (χ1v) is 7.85. The third-order valence-electron chi connectivity index (χ3n) is 3.77. The Labute approximate surface area is 126 Å². The molecule has 4 heteroatoms. The highest BCUT2D eigenvalue weighted by Crippen LogP contribution is 2.19. The Morgan fingerprint density at radius 1 is 1.45 bits per heavy atom. The zero-order valence-electron chi connectivity index (χ0n) is 12.1. The second-order valence-corrected chi connectivity index (χ2v) is 5.76. The predicted octanol–water partition coefficient (Wildman–Crippen LogP) is 3.22. The van der Waals surface area contributed by atoms with Crippen LogP contribution in [0, 0.1) is 0 Å². The van der Waals surface area contributed by atoms with Crippen molar-refractivity contribution in [2.24, 2.45) is 0 Å². The van der Waals surface area contributed by atoms with E-state index in [-0.39, 0.29) is 11.9 Å². The molecule has 2 rings (SSSR count). The molecule has 1 amide bonds. The number of rotatable bonds is 6. The van der Waals surface area contributed by atoms with Gasteiger partial charge in [0.25, 0.3) is 0 Å². The van der Waals surface area contributed by atoms with Gasteiger partial charge in [-0.05, 0) is 37.4 Å². The highest BCUT2D eigenvalue weighted by Gasteiger charge is 2.26. The molecule has 1 aromatic carbocycles. The summed E-state index contributed by atoms with van der Waals surface area (Å²) in [6.07, 6.45) is 4.15. The molecule has 1 saturated heterocycles. The maximum atomic E-state index is 12.6. The molecule has 1 aliphatic rings. The summed E-state index contributed by atoms with van der Waals surface area (Å²) >= 11 is 6.21. The number of benzene rings is 1. The molecular weight excluding hydrogens is 272 g/mol. The molecular formula is C16H23ClN2O. The Morgan fingerprint density at radius 3 is 2.90 bits per heavy atom. The van der Waals surface area contributed by atoms with Gasteiger partial charge in [-0.2, -0.15) is 0 Å². The van der Waals surface area contributed by atoms with Crippen LogP contribution in [0.4, 0.5) is 0 Å². The van der Waals surface area contributed by atoms with Crippen LogP contribution in [0.1, 0.15) is 38.2 Å². The van der Waals surface area contributed by atoms with Crippen molar-refractivity contribution in [2.45, 2.75) is 45.2 Å². The minimum absolute atomic E-state index is 0.00524. The lowest BCUT2D eigenvalue weighted by Crippen LogP contribution is -2.43. The van der Waals surface area contributed by atoms with Crippen molar-refractivity contribution in [1.82, 2.24) is 10.2 Å². The molecule has 20 heavy (non-hydrogen) atoms. The predicted molar refractivity (Wildman–Crippen MR) is 82.8 cm³/mol. The van der Waals surface area contributed by atoms with Gasteiger partial charge in [-0.15, -0.1) is 0 Å². The van der Waals surface area contributed by atoms with Gasteiger partial charge in [0.05, 0.1) is 6.04 Å². The molecule has 0 radical (unpaired) electrons. The first-order valence-electron chi connectivity index (χ1n) is 7.48. The highest BCUT2D eigenvalue weighted by atomic mass is 35.5. The van der Waals surface area contributed by atoms with E-state index in [0.717, 1.165) is 49.4 Å². The van der Waals surface area contributed by atoms with Crippen molar-refractivity contribution in [3.05, 3.63) is 34.9 Å². The molecule has 1 aliphatic heterocycles. The van der Waals surface area contributed by atoms with E-state index in [9.17, 15) is 4.79 Å². The smallest absolute Gasteiger partial charge is 0.240 e. The number of unbranched alkanes of at least 4 members (excludes halogenated alkanes) is 1. The van der Waals surface area contributed by atoms with Gasteiger partial charge in [0, 0.05) is 18.1 Å². The monoisotopic (exact) mass is 294 g/mol. The fourth-order valence-corrected chi connectivity index (χ4v) is 2.76. The van der Waals surface area contributed by atoms with Crippen molar-refractivity contribution in [1.29, 1.82) is 0 Å². The standard InChI is InChI=1S/C16H23ClN2O/c1-2-3-11-19(16(20)15-9-6-10-18-15)12-13-7-4-5-8-14(13)17/h4-5,7-8,15,18H,2-3,6,9-12H2,1H3. The molecule has 1 fully saturated rings. The number of carbonyl (C=O) groups is 1. The van der Waals surface area contributed by atoms with Gasteiger partial charge in [-0.3, -0.25) is 4.79 Å². The normalized spacial score (nSPS) is 18.2. The molecule has 0 saturated carbocycles. The topological polar surface area (TPSA) is 32.3 Å². The van der Waals surface area contributed by atoms with Gasteiger partial charge in [0.2, 0.25) is 5.91 Å². The van der Waals surface area contributed by atoms with Crippen molar-refractivity contribution < 1.29 is 4.79 Å². The highest BCUT2D eigenvalue weighted by molar-refractivity contribution is 6.31. The Balaban J connectivity index is 2.06. The summed E-state index contributed by atoms with van der Waals surface area (Å²) in [5.74, 6) is 0.218. The summed E-state index contributed by atoms with van der Waals surface area (Å²) in [7, 11) is 0. The molecule has 110 valence electrons. The van der Waals surface area contributed by atoms with Crippen molar-refractivity contribution in [3.8, 4) is 0 Å². The van der Waals surface area contributed by atoms with Crippen molar-refractivity contribution in [2.75, 3.05) is 13.1 Å². The van der Waals surface area contributed by atoms with Gasteiger partial charge >= 0.3 is 0 Å². The Morgan fingerprint density at radius 2 is 2.25 bits per heavy atom. The Kier molecular flexibility index (Phi) is 5.86. The molecule has 0 spiro atoms. The molecule has 1 heterocycles. The number of amides is 1. The lowest BCUT2D eigenvalue weighted by atomic mass is 10.1. The van der Waals surface area contributed by atoms with Crippen LogP contribution in [0.2, 0.25) is 5.02 Å². The van der Waals surface area contributed by atoms with Crippen LogP contribution in [0.5, 0.6) is 0 Å². The van der Waals surface area contributed by atoms with Crippen LogP contribution in [0.15, 0.2) is 24.3 Å². The zero-order valence-corrected chi connectivity index (χ0v) is 12.8. The van der Waals surface area contributed by atoms with E-state index < -0.39 is 0 Å². The van der Waals surface area contributed by atoms with Gasteiger partial charge < -0.3 is 10.2 Å². The van der Waals surface area contributed by atoms with Gasteiger partial charge in [-0.25, -0.2) is 0 Å². The van der Waals surface area contributed by atoms with Gasteiger partial charge in [0.1, 0.15) is 0 Å². The lowest BCUT2D eigenvalue weighted by molar-refractivity contribution is -0.133. The summed E-state index contributed by atoms with van der Waals surface area (Å²) in [6, 6.07) is 7.76. The molecule has 0 aromatic heterocycles. The van der Waals surface area contributed by atoms with E-state index >= 15 is 0 Å².